The normalized spacial score (nSPS) is 9.22. The van der Waals surface area contributed by atoms with Gasteiger partial charge in [-0.3, -0.25) is 0 Å². The van der Waals surface area contributed by atoms with Crippen molar-refractivity contribution in [1.82, 2.24) is 0 Å². The minimum atomic E-state index is -4.64. The third-order valence-electron chi connectivity index (χ3n) is 1.04. The molecule has 0 aliphatic heterocycles. The minimum absolute atomic E-state index is 0.417. The molecule has 0 saturated carbocycles. The van der Waals surface area contributed by atoms with Gasteiger partial charge in [0.2, 0.25) is 0 Å². The molecule has 0 aromatic carbocycles. The summed E-state index contributed by atoms with van der Waals surface area (Å²) in [5, 5.41) is 22.3. The monoisotopic (exact) mass is 381 g/mol. The van der Waals surface area contributed by atoms with Gasteiger partial charge in [-0.05, 0) is 12.8 Å². The van der Waals surface area contributed by atoms with E-state index in [0.717, 1.165) is 6.42 Å². The molecule has 0 aromatic rings. The summed E-state index contributed by atoms with van der Waals surface area (Å²) >= 11 is 0. The maximum Gasteiger partial charge on any atom is 0.466 e. The van der Waals surface area contributed by atoms with Crippen molar-refractivity contribution in [1.29, 1.82) is 5.26 Å². The van der Waals surface area contributed by atoms with Crippen LogP contribution in [0, 0.1) is 24.2 Å². The van der Waals surface area contributed by atoms with E-state index >= 15 is 0 Å². The number of nitriles is 1. The SMILES string of the molecule is C#CCCCC.C#N.CCC(O)O.O=P(O)(O)O.O=P(O)(O)O. The fourth-order valence-electron chi connectivity index (χ4n) is 0.279. The Bertz CT molecular complexity index is 331. The van der Waals surface area contributed by atoms with Crippen LogP contribution in [0.2, 0.25) is 0 Å². The number of hydrogen-bond acceptors (Lipinski definition) is 5. The quantitative estimate of drug-likeness (QED) is 0.138. The highest BCUT2D eigenvalue weighted by atomic mass is 31.2. The molecule has 0 unspecified atom stereocenters. The Morgan fingerprint density at radius 3 is 1.22 bits per heavy atom. The first-order chi connectivity index (χ1) is 10.2. The maximum atomic E-state index is 8.88. The number of hydrogen-bond donors (Lipinski definition) is 8. The lowest BCUT2D eigenvalue weighted by molar-refractivity contribution is -0.0413. The Hall–Kier alpha value is -0.810. The summed E-state index contributed by atoms with van der Waals surface area (Å²) in [5.74, 6) is 2.57. The summed E-state index contributed by atoms with van der Waals surface area (Å²) in [6.07, 6.45) is 7.60. The molecule has 11 nitrogen and oxygen atoms in total. The predicted molar refractivity (Wildman–Crippen MR) is 82.1 cm³/mol. The summed E-state index contributed by atoms with van der Waals surface area (Å²) in [4.78, 5) is 43.1. The van der Waals surface area contributed by atoms with E-state index in [1.807, 2.05) is 0 Å². The summed E-state index contributed by atoms with van der Waals surface area (Å²) in [6.45, 7) is 7.34. The van der Waals surface area contributed by atoms with Crippen LogP contribution in [0.3, 0.4) is 0 Å². The summed E-state index contributed by atoms with van der Waals surface area (Å²) in [6, 6.07) is 0. The van der Waals surface area contributed by atoms with Gasteiger partial charge in [-0.15, -0.1) is 12.3 Å². The highest BCUT2D eigenvalue weighted by Crippen LogP contribution is 2.26. The van der Waals surface area contributed by atoms with Crippen LogP contribution in [-0.4, -0.2) is 45.9 Å². The topological polar surface area (TPSA) is 220 Å². The Morgan fingerprint density at radius 1 is 0.957 bits per heavy atom. The van der Waals surface area contributed by atoms with E-state index in [2.05, 4.69) is 19.4 Å². The molecule has 0 aromatic heterocycles. The van der Waals surface area contributed by atoms with Crippen molar-refractivity contribution in [3.63, 3.8) is 0 Å². The van der Waals surface area contributed by atoms with Crippen LogP contribution in [0.4, 0.5) is 0 Å². The molecule has 23 heavy (non-hydrogen) atoms. The largest absolute Gasteiger partial charge is 0.466 e. The zero-order valence-corrected chi connectivity index (χ0v) is 14.6. The first-order valence-electron chi connectivity index (χ1n) is 5.80. The summed E-state index contributed by atoms with van der Waals surface area (Å²) in [5.41, 5.74) is 0. The van der Waals surface area contributed by atoms with Crippen LogP contribution in [0.1, 0.15) is 39.5 Å². The minimum Gasteiger partial charge on any atom is -0.368 e. The maximum absolute atomic E-state index is 8.88. The van der Waals surface area contributed by atoms with Gasteiger partial charge in [0.25, 0.3) is 0 Å². The fraction of sp³-hybridized carbons (Fsp3) is 0.700. The molecule has 0 amide bonds. The second-order valence-corrected chi connectivity index (χ2v) is 5.28. The van der Waals surface area contributed by atoms with Gasteiger partial charge in [0.1, 0.15) is 0 Å². The molecule has 0 fully saturated rings. The average molecular weight is 381 g/mol. The van der Waals surface area contributed by atoms with Gasteiger partial charge in [-0.25, -0.2) is 14.4 Å². The lowest BCUT2D eigenvalue weighted by Gasteiger charge is -1.90. The van der Waals surface area contributed by atoms with Gasteiger partial charge in [-0.1, -0.05) is 20.3 Å². The lowest BCUT2D eigenvalue weighted by atomic mass is 10.3. The first kappa shape index (κ1) is 33.7. The number of phosphoric acid groups is 2. The van der Waals surface area contributed by atoms with Crippen LogP contribution in [0.25, 0.3) is 0 Å². The van der Waals surface area contributed by atoms with Crippen molar-refractivity contribution in [3.05, 3.63) is 0 Å². The molecule has 13 heteroatoms. The molecule has 0 atom stereocenters. The van der Waals surface area contributed by atoms with E-state index in [1.165, 1.54) is 12.8 Å². The van der Waals surface area contributed by atoms with E-state index in [0.29, 0.717) is 6.42 Å². The summed E-state index contributed by atoms with van der Waals surface area (Å²) in [7, 11) is -9.28. The van der Waals surface area contributed by atoms with Crippen LogP contribution < -0.4 is 0 Å². The second kappa shape index (κ2) is 23.5. The van der Waals surface area contributed by atoms with Crippen LogP contribution in [-0.2, 0) is 9.13 Å². The van der Waals surface area contributed by atoms with Gasteiger partial charge < -0.3 is 39.6 Å². The van der Waals surface area contributed by atoms with Crippen molar-refractivity contribution >= 4 is 15.6 Å². The lowest BCUT2D eigenvalue weighted by Crippen LogP contribution is -1.99. The predicted octanol–water partition coefficient (Wildman–Crippen LogP) is -0.201. The summed E-state index contributed by atoms with van der Waals surface area (Å²) < 4.78 is 17.8. The standard InChI is InChI=1S/C6H10.C3H8O2.CHN.2H3O4P/c1-3-5-6-4-2;1-2-3(4)5;1-2;2*1-5(2,3)4/h1H,4-6H2,2H3;3-5H,2H2,1H3;1H;2*(H3,1,2,3,4). The third-order valence-corrected chi connectivity index (χ3v) is 1.04. The van der Waals surface area contributed by atoms with Crippen molar-refractivity contribution < 1.29 is 48.7 Å². The fourth-order valence-corrected chi connectivity index (χ4v) is 0.279. The Morgan fingerprint density at radius 2 is 1.17 bits per heavy atom. The second-order valence-electron chi connectivity index (χ2n) is 3.22. The zero-order chi connectivity index (χ0) is 20.1. The van der Waals surface area contributed by atoms with E-state index in [9.17, 15) is 0 Å². The zero-order valence-electron chi connectivity index (χ0n) is 12.8. The molecule has 8 N–H and O–H groups in total. The van der Waals surface area contributed by atoms with E-state index in [1.54, 1.807) is 6.92 Å². The molecule has 0 aliphatic carbocycles. The molecule has 0 radical (unpaired) electrons. The van der Waals surface area contributed by atoms with Gasteiger partial charge in [-0.2, -0.15) is 0 Å². The molecule has 140 valence electrons. The number of rotatable bonds is 3. The van der Waals surface area contributed by atoms with Crippen molar-refractivity contribution in [3.8, 4) is 18.9 Å². The molecule has 0 spiro atoms. The average Bonchev–Trinajstić information content (AvgIpc) is 2.35. The number of aliphatic hydroxyl groups excluding tert-OH is 1. The first-order valence-corrected chi connectivity index (χ1v) is 8.93. The van der Waals surface area contributed by atoms with E-state index in [-0.39, 0.29) is 0 Å². The van der Waals surface area contributed by atoms with Crippen LogP contribution >= 0.6 is 15.6 Å². The Labute approximate surface area is 135 Å². The molecule has 0 saturated heterocycles. The molecule has 0 aliphatic rings. The Kier molecular flexibility index (Phi) is 34.4. The molecule has 0 rings (SSSR count). The highest BCUT2D eigenvalue weighted by Gasteiger charge is 2.00. The number of unbranched alkanes of at least 4 members (excludes halogenated alkanes) is 2. The third kappa shape index (κ3) is 444. The van der Waals surface area contributed by atoms with E-state index < -0.39 is 21.9 Å². The van der Waals surface area contributed by atoms with Gasteiger partial charge in [0, 0.05) is 13.0 Å². The smallest absolute Gasteiger partial charge is 0.368 e. The Balaban J connectivity index is -0.0000000605. The molecular weight excluding hydrogens is 356 g/mol. The molecule has 0 bridgehead atoms. The van der Waals surface area contributed by atoms with Crippen molar-refractivity contribution in [2.24, 2.45) is 0 Å². The number of aliphatic hydroxyl groups is 2. The molecule has 0 heterocycles. The van der Waals surface area contributed by atoms with E-state index in [4.69, 9.17) is 60.4 Å². The van der Waals surface area contributed by atoms with Crippen LogP contribution in [0.15, 0.2) is 0 Å². The van der Waals surface area contributed by atoms with Crippen molar-refractivity contribution in [2.75, 3.05) is 0 Å². The number of nitrogens with zero attached hydrogens (tertiary/aromatic N) is 1. The van der Waals surface area contributed by atoms with Gasteiger partial charge in [0.05, 0.1) is 0 Å². The van der Waals surface area contributed by atoms with Crippen molar-refractivity contribution in [2.45, 2.75) is 45.8 Å². The van der Waals surface area contributed by atoms with Crippen LogP contribution in [0.5, 0.6) is 0 Å². The van der Waals surface area contributed by atoms with Gasteiger partial charge in [0.15, 0.2) is 6.29 Å². The molecular formula is C10H25NO10P2. The van der Waals surface area contributed by atoms with Gasteiger partial charge >= 0.3 is 15.6 Å². The number of terminal acetylenes is 1. The highest BCUT2D eigenvalue weighted by molar-refractivity contribution is 7.45.